The smallest absolute Gasteiger partial charge is 0.161 e. The normalized spacial score (nSPS) is 18.3. The molecule has 0 amide bonds. The van der Waals surface area contributed by atoms with Gasteiger partial charge in [-0.3, -0.25) is 4.79 Å². The Morgan fingerprint density at radius 1 is 1.64 bits per heavy atom. The van der Waals surface area contributed by atoms with E-state index in [1.165, 1.54) is 0 Å². The molecule has 0 aromatic heterocycles. The molecule has 0 fully saturated rings. The average Bonchev–Trinajstić information content (AvgIpc) is 2.05. The lowest BCUT2D eigenvalue weighted by atomic mass is 9.98. The minimum atomic E-state index is 0.124. The van der Waals surface area contributed by atoms with Crippen molar-refractivity contribution in [2.24, 2.45) is 5.92 Å². The Balaban J connectivity index is 2.58. The molecule has 0 spiro atoms. The van der Waals surface area contributed by atoms with Gasteiger partial charge in [-0.2, -0.15) is 0 Å². The summed E-state index contributed by atoms with van der Waals surface area (Å²) in [4.78, 5) is 11.4. The lowest BCUT2D eigenvalue weighted by molar-refractivity contribution is -0.118. The summed E-state index contributed by atoms with van der Waals surface area (Å²) >= 11 is 0. The molecule has 62 valence electrons. The summed E-state index contributed by atoms with van der Waals surface area (Å²) in [7, 11) is 0. The van der Waals surface area contributed by atoms with E-state index in [9.17, 15) is 4.79 Å². The van der Waals surface area contributed by atoms with Crippen LogP contribution in [0.5, 0.6) is 0 Å². The summed E-state index contributed by atoms with van der Waals surface area (Å²) in [6.45, 7) is 5.16. The Morgan fingerprint density at radius 3 is 2.82 bits per heavy atom. The van der Waals surface area contributed by atoms with Gasteiger partial charge in [0.25, 0.3) is 0 Å². The molecule has 0 unspecified atom stereocenters. The van der Waals surface area contributed by atoms with Crippen LogP contribution in [0.25, 0.3) is 0 Å². The number of ether oxygens (including phenoxy) is 1. The Kier molecular flexibility index (Phi) is 2.83. The van der Waals surface area contributed by atoms with E-state index in [1.807, 2.05) is 19.9 Å². The van der Waals surface area contributed by atoms with Gasteiger partial charge in [-0.25, -0.2) is 0 Å². The molecule has 0 radical (unpaired) electrons. The van der Waals surface area contributed by atoms with Crippen molar-refractivity contribution in [3.8, 4) is 0 Å². The Morgan fingerprint density at radius 2 is 2.36 bits per heavy atom. The van der Waals surface area contributed by atoms with Crippen molar-refractivity contribution in [2.75, 3.05) is 13.2 Å². The van der Waals surface area contributed by atoms with Crippen molar-refractivity contribution >= 4 is 5.78 Å². The van der Waals surface area contributed by atoms with Crippen LogP contribution in [-0.4, -0.2) is 19.0 Å². The largest absolute Gasteiger partial charge is 0.377 e. The molecule has 2 nitrogen and oxygen atoms in total. The Labute approximate surface area is 67.2 Å². The predicted molar refractivity (Wildman–Crippen MR) is 43.4 cm³/mol. The molecule has 0 aliphatic carbocycles. The average molecular weight is 154 g/mol. The number of ketones is 1. The fourth-order valence-electron chi connectivity index (χ4n) is 1.12. The van der Waals surface area contributed by atoms with Crippen LogP contribution in [0.1, 0.15) is 20.3 Å². The topological polar surface area (TPSA) is 26.3 Å². The third kappa shape index (κ3) is 2.15. The molecule has 1 aliphatic heterocycles. The van der Waals surface area contributed by atoms with E-state index in [0.717, 1.165) is 12.0 Å². The quantitative estimate of drug-likeness (QED) is 0.603. The van der Waals surface area contributed by atoms with Crippen molar-refractivity contribution in [1.29, 1.82) is 0 Å². The second kappa shape index (κ2) is 3.67. The molecule has 0 bridgehead atoms. The number of hydrogen-bond donors (Lipinski definition) is 0. The predicted octanol–water partition coefficient (Wildman–Crippen LogP) is 1.56. The third-order valence-corrected chi connectivity index (χ3v) is 1.80. The minimum Gasteiger partial charge on any atom is -0.377 e. The van der Waals surface area contributed by atoms with Crippen LogP contribution in [0.3, 0.4) is 0 Å². The van der Waals surface area contributed by atoms with E-state index >= 15 is 0 Å². The molecule has 0 N–H and O–H groups in total. The van der Waals surface area contributed by atoms with E-state index in [1.54, 1.807) is 0 Å². The van der Waals surface area contributed by atoms with Crippen LogP contribution in [-0.2, 0) is 9.53 Å². The van der Waals surface area contributed by atoms with Gasteiger partial charge in [0, 0.05) is 5.92 Å². The van der Waals surface area contributed by atoms with Crippen molar-refractivity contribution in [2.45, 2.75) is 20.3 Å². The molecule has 0 atom stereocenters. The molecule has 2 heteroatoms. The first-order chi connectivity index (χ1) is 5.22. The molecular formula is C9H14O2. The van der Waals surface area contributed by atoms with Gasteiger partial charge in [0.1, 0.15) is 0 Å². The first kappa shape index (κ1) is 8.47. The molecular weight excluding hydrogens is 140 g/mol. The number of Topliss-reactive ketones (excluding diaryl/α,β-unsaturated/α-hetero) is 1. The number of carbonyl (C=O) groups is 1. The van der Waals surface area contributed by atoms with Gasteiger partial charge in [-0.15, -0.1) is 0 Å². The van der Waals surface area contributed by atoms with Crippen LogP contribution < -0.4 is 0 Å². The zero-order valence-electron chi connectivity index (χ0n) is 7.09. The van der Waals surface area contributed by atoms with Gasteiger partial charge in [0.15, 0.2) is 5.78 Å². The second-order valence-corrected chi connectivity index (χ2v) is 3.07. The zero-order chi connectivity index (χ0) is 8.27. The Hall–Kier alpha value is -0.630. The maximum atomic E-state index is 11.4. The maximum Gasteiger partial charge on any atom is 0.161 e. The van der Waals surface area contributed by atoms with E-state index in [0.29, 0.717) is 13.2 Å². The summed E-state index contributed by atoms with van der Waals surface area (Å²) in [5.41, 5.74) is 0.950. The first-order valence-corrected chi connectivity index (χ1v) is 4.03. The summed E-state index contributed by atoms with van der Waals surface area (Å²) < 4.78 is 5.10. The van der Waals surface area contributed by atoms with Crippen molar-refractivity contribution in [3.05, 3.63) is 11.6 Å². The van der Waals surface area contributed by atoms with E-state index in [4.69, 9.17) is 4.74 Å². The van der Waals surface area contributed by atoms with Crippen molar-refractivity contribution in [3.63, 3.8) is 0 Å². The van der Waals surface area contributed by atoms with Crippen LogP contribution >= 0.6 is 0 Å². The van der Waals surface area contributed by atoms with Crippen LogP contribution in [0.4, 0.5) is 0 Å². The molecule has 1 aliphatic rings. The SMILES string of the molecule is CC(C)C(=O)C1=CCOCC1. The minimum absolute atomic E-state index is 0.124. The van der Waals surface area contributed by atoms with Crippen molar-refractivity contribution < 1.29 is 9.53 Å². The van der Waals surface area contributed by atoms with Crippen LogP contribution in [0.15, 0.2) is 11.6 Å². The fraction of sp³-hybridized carbons (Fsp3) is 0.667. The van der Waals surface area contributed by atoms with Gasteiger partial charge in [-0.1, -0.05) is 19.9 Å². The van der Waals surface area contributed by atoms with E-state index in [-0.39, 0.29) is 11.7 Å². The van der Waals surface area contributed by atoms with E-state index in [2.05, 4.69) is 0 Å². The molecule has 0 aromatic rings. The van der Waals surface area contributed by atoms with Crippen molar-refractivity contribution in [1.82, 2.24) is 0 Å². The van der Waals surface area contributed by atoms with E-state index < -0.39 is 0 Å². The zero-order valence-corrected chi connectivity index (χ0v) is 7.09. The fourth-order valence-corrected chi connectivity index (χ4v) is 1.12. The molecule has 11 heavy (non-hydrogen) atoms. The molecule has 0 saturated heterocycles. The van der Waals surface area contributed by atoms with Gasteiger partial charge in [0.2, 0.25) is 0 Å². The highest BCUT2D eigenvalue weighted by atomic mass is 16.5. The van der Waals surface area contributed by atoms with Crippen LogP contribution in [0.2, 0.25) is 0 Å². The van der Waals surface area contributed by atoms with Gasteiger partial charge >= 0.3 is 0 Å². The number of hydrogen-bond acceptors (Lipinski definition) is 2. The second-order valence-electron chi connectivity index (χ2n) is 3.07. The monoisotopic (exact) mass is 154 g/mol. The lowest BCUT2D eigenvalue weighted by Gasteiger charge is -2.13. The highest BCUT2D eigenvalue weighted by Gasteiger charge is 2.14. The van der Waals surface area contributed by atoms with Gasteiger partial charge < -0.3 is 4.74 Å². The maximum absolute atomic E-state index is 11.4. The summed E-state index contributed by atoms with van der Waals surface area (Å²) in [6, 6.07) is 0. The Bertz CT molecular complexity index is 180. The number of rotatable bonds is 2. The standard InChI is InChI=1S/C9H14O2/c1-7(2)9(10)8-3-5-11-6-4-8/h3,7H,4-6H2,1-2H3. The molecule has 0 saturated carbocycles. The highest BCUT2D eigenvalue weighted by molar-refractivity contribution is 5.96. The first-order valence-electron chi connectivity index (χ1n) is 4.03. The third-order valence-electron chi connectivity index (χ3n) is 1.80. The number of carbonyl (C=O) groups excluding carboxylic acids is 1. The van der Waals surface area contributed by atoms with Gasteiger partial charge in [-0.05, 0) is 12.0 Å². The summed E-state index contributed by atoms with van der Waals surface area (Å²) in [6.07, 6.45) is 2.68. The summed E-state index contributed by atoms with van der Waals surface area (Å²) in [5, 5.41) is 0. The highest BCUT2D eigenvalue weighted by Crippen LogP contribution is 2.13. The molecule has 0 aromatic carbocycles. The van der Waals surface area contributed by atoms with Gasteiger partial charge in [0.05, 0.1) is 13.2 Å². The molecule has 1 rings (SSSR count). The lowest BCUT2D eigenvalue weighted by Crippen LogP contribution is -2.16. The van der Waals surface area contributed by atoms with Crippen LogP contribution in [0, 0.1) is 5.92 Å². The summed E-state index contributed by atoms with van der Waals surface area (Å²) in [5.74, 6) is 0.396. The molecule has 1 heterocycles.